The summed E-state index contributed by atoms with van der Waals surface area (Å²) in [7, 11) is 5.58. The van der Waals surface area contributed by atoms with Gasteiger partial charge in [0.05, 0.1) is 18.7 Å². The predicted molar refractivity (Wildman–Crippen MR) is 82.8 cm³/mol. The Morgan fingerprint density at radius 1 is 1.05 bits per heavy atom. The van der Waals surface area contributed by atoms with Gasteiger partial charge in [0.15, 0.2) is 11.5 Å². The van der Waals surface area contributed by atoms with Gasteiger partial charge in [-0.2, -0.15) is 5.26 Å². The predicted octanol–water partition coefficient (Wildman–Crippen LogP) is 3.21. The zero-order valence-corrected chi connectivity index (χ0v) is 12.5. The van der Waals surface area contributed by atoms with Crippen LogP contribution in [-0.2, 0) is 6.61 Å². The van der Waals surface area contributed by atoms with E-state index < -0.39 is 0 Å². The first kappa shape index (κ1) is 14.7. The molecule has 0 aliphatic rings. The fourth-order valence-electron chi connectivity index (χ4n) is 1.91. The van der Waals surface area contributed by atoms with Crippen molar-refractivity contribution in [1.29, 1.82) is 5.26 Å². The number of hydrogen-bond acceptors (Lipinski definition) is 4. The van der Waals surface area contributed by atoms with Gasteiger partial charge in [0.25, 0.3) is 0 Å². The summed E-state index contributed by atoms with van der Waals surface area (Å²) in [5.41, 5.74) is 2.77. The Kier molecular flexibility index (Phi) is 4.68. The van der Waals surface area contributed by atoms with Gasteiger partial charge < -0.3 is 14.4 Å². The monoisotopic (exact) mass is 282 g/mol. The molecule has 0 aromatic heterocycles. The number of nitriles is 1. The van der Waals surface area contributed by atoms with Crippen molar-refractivity contribution in [3.8, 4) is 17.6 Å². The number of nitrogens with zero attached hydrogens (tertiary/aromatic N) is 2. The van der Waals surface area contributed by atoms with Gasteiger partial charge >= 0.3 is 0 Å². The maximum Gasteiger partial charge on any atom is 0.162 e. The number of benzene rings is 2. The Morgan fingerprint density at radius 2 is 1.76 bits per heavy atom. The van der Waals surface area contributed by atoms with Crippen molar-refractivity contribution in [3.05, 3.63) is 53.6 Å². The molecule has 108 valence electrons. The number of methoxy groups -OCH3 is 1. The van der Waals surface area contributed by atoms with Gasteiger partial charge in [-0.05, 0) is 29.8 Å². The quantitative estimate of drug-likeness (QED) is 0.844. The molecule has 0 radical (unpaired) electrons. The van der Waals surface area contributed by atoms with E-state index >= 15 is 0 Å². The van der Waals surface area contributed by atoms with E-state index in [1.54, 1.807) is 25.3 Å². The minimum atomic E-state index is 0.454. The van der Waals surface area contributed by atoms with E-state index in [0.29, 0.717) is 23.7 Å². The van der Waals surface area contributed by atoms with Crippen LogP contribution in [0.1, 0.15) is 11.1 Å². The molecule has 0 aliphatic heterocycles. The molecule has 0 spiro atoms. The minimum Gasteiger partial charge on any atom is -0.493 e. The first-order chi connectivity index (χ1) is 10.1. The zero-order chi connectivity index (χ0) is 15.2. The second kappa shape index (κ2) is 6.67. The summed E-state index contributed by atoms with van der Waals surface area (Å²) < 4.78 is 11.0. The highest BCUT2D eigenvalue weighted by Gasteiger charge is 2.06. The molecule has 0 fully saturated rings. The maximum absolute atomic E-state index is 8.88. The van der Waals surface area contributed by atoms with Gasteiger partial charge in [-0.15, -0.1) is 0 Å². The molecular weight excluding hydrogens is 264 g/mol. The molecule has 2 aromatic rings. The normalized spacial score (nSPS) is 9.81. The average molecular weight is 282 g/mol. The van der Waals surface area contributed by atoms with Crippen LogP contribution in [0.25, 0.3) is 0 Å². The molecule has 0 aliphatic carbocycles. The third-order valence-electron chi connectivity index (χ3n) is 3.14. The smallest absolute Gasteiger partial charge is 0.162 e. The largest absolute Gasteiger partial charge is 0.493 e. The number of anilines is 1. The third kappa shape index (κ3) is 3.67. The molecule has 0 atom stereocenters. The fraction of sp³-hybridized carbons (Fsp3) is 0.235. The summed E-state index contributed by atoms with van der Waals surface area (Å²) in [6.45, 7) is 0.454. The molecule has 0 amide bonds. The molecule has 0 bridgehead atoms. The van der Waals surface area contributed by atoms with Crippen molar-refractivity contribution in [2.24, 2.45) is 0 Å². The highest BCUT2D eigenvalue weighted by Crippen LogP contribution is 2.28. The molecule has 0 N–H and O–H groups in total. The van der Waals surface area contributed by atoms with Gasteiger partial charge in [-0.3, -0.25) is 0 Å². The van der Waals surface area contributed by atoms with E-state index in [0.717, 1.165) is 11.3 Å². The molecule has 0 saturated carbocycles. The van der Waals surface area contributed by atoms with Crippen molar-refractivity contribution in [1.82, 2.24) is 0 Å². The molecular formula is C17H18N2O2. The topological polar surface area (TPSA) is 45.5 Å². The average Bonchev–Trinajstić information content (AvgIpc) is 2.53. The summed E-state index contributed by atoms with van der Waals surface area (Å²) in [5.74, 6) is 1.20. The van der Waals surface area contributed by atoms with E-state index in [2.05, 4.69) is 18.2 Å². The Bertz CT molecular complexity index is 643. The SMILES string of the molecule is COc1cc(C#N)ccc1OCc1ccc(N(C)C)cc1. The van der Waals surface area contributed by atoms with Crippen molar-refractivity contribution in [2.75, 3.05) is 26.1 Å². The number of hydrogen-bond donors (Lipinski definition) is 0. The highest BCUT2D eigenvalue weighted by molar-refractivity contribution is 5.48. The molecule has 4 heteroatoms. The highest BCUT2D eigenvalue weighted by atomic mass is 16.5. The number of rotatable bonds is 5. The van der Waals surface area contributed by atoms with E-state index in [-0.39, 0.29) is 0 Å². The molecule has 21 heavy (non-hydrogen) atoms. The second-order valence-corrected chi connectivity index (χ2v) is 4.83. The van der Waals surface area contributed by atoms with Crippen LogP contribution >= 0.6 is 0 Å². The lowest BCUT2D eigenvalue weighted by Crippen LogP contribution is -2.08. The van der Waals surface area contributed by atoms with E-state index in [1.807, 2.05) is 31.1 Å². The first-order valence-electron chi connectivity index (χ1n) is 6.61. The van der Waals surface area contributed by atoms with Gasteiger partial charge in [-0.1, -0.05) is 12.1 Å². The molecule has 0 saturated heterocycles. The van der Waals surface area contributed by atoms with Crippen LogP contribution in [0.3, 0.4) is 0 Å². The lowest BCUT2D eigenvalue weighted by molar-refractivity contribution is 0.284. The second-order valence-electron chi connectivity index (χ2n) is 4.83. The summed E-state index contributed by atoms with van der Waals surface area (Å²) in [6.07, 6.45) is 0. The summed E-state index contributed by atoms with van der Waals surface area (Å²) in [6, 6.07) is 15.4. The Hall–Kier alpha value is -2.67. The fourth-order valence-corrected chi connectivity index (χ4v) is 1.91. The lowest BCUT2D eigenvalue weighted by Gasteiger charge is -2.14. The number of ether oxygens (including phenoxy) is 2. The Balaban J connectivity index is 2.07. The van der Waals surface area contributed by atoms with Crippen LogP contribution in [0.5, 0.6) is 11.5 Å². The zero-order valence-electron chi connectivity index (χ0n) is 12.5. The molecule has 2 rings (SSSR count). The van der Waals surface area contributed by atoms with Gasteiger partial charge in [0.1, 0.15) is 6.61 Å². The Morgan fingerprint density at radius 3 is 2.33 bits per heavy atom. The van der Waals surface area contributed by atoms with Crippen LogP contribution in [0, 0.1) is 11.3 Å². The molecule has 0 heterocycles. The van der Waals surface area contributed by atoms with E-state index in [9.17, 15) is 0 Å². The maximum atomic E-state index is 8.88. The van der Waals surface area contributed by atoms with Crippen molar-refractivity contribution in [3.63, 3.8) is 0 Å². The molecule has 4 nitrogen and oxygen atoms in total. The third-order valence-corrected chi connectivity index (χ3v) is 3.14. The summed E-state index contributed by atoms with van der Waals surface area (Å²) in [4.78, 5) is 2.05. The van der Waals surface area contributed by atoms with Crippen LogP contribution in [0.4, 0.5) is 5.69 Å². The lowest BCUT2D eigenvalue weighted by atomic mass is 10.2. The van der Waals surface area contributed by atoms with E-state index in [4.69, 9.17) is 14.7 Å². The Labute approximate surface area is 125 Å². The first-order valence-corrected chi connectivity index (χ1v) is 6.61. The van der Waals surface area contributed by atoms with Crippen molar-refractivity contribution in [2.45, 2.75) is 6.61 Å². The standard InChI is InChI=1S/C17H18N2O2/c1-19(2)15-7-4-13(5-8-15)12-21-16-9-6-14(11-18)10-17(16)20-3/h4-10H,12H2,1-3H3. The van der Waals surface area contributed by atoms with Crippen molar-refractivity contribution >= 4 is 5.69 Å². The van der Waals surface area contributed by atoms with Gasteiger partial charge in [-0.25, -0.2) is 0 Å². The van der Waals surface area contributed by atoms with Gasteiger partial charge in [0.2, 0.25) is 0 Å². The minimum absolute atomic E-state index is 0.454. The van der Waals surface area contributed by atoms with Crippen LogP contribution in [0.2, 0.25) is 0 Å². The molecule has 2 aromatic carbocycles. The summed E-state index contributed by atoms with van der Waals surface area (Å²) in [5, 5.41) is 8.88. The van der Waals surface area contributed by atoms with Crippen LogP contribution in [0.15, 0.2) is 42.5 Å². The van der Waals surface area contributed by atoms with Crippen molar-refractivity contribution < 1.29 is 9.47 Å². The van der Waals surface area contributed by atoms with Crippen LogP contribution < -0.4 is 14.4 Å². The van der Waals surface area contributed by atoms with Crippen LogP contribution in [-0.4, -0.2) is 21.2 Å². The van der Waals surface area contributed by atoms with E-state index in [1.165, 1.54) is 0 Å². The van der Waals surface area contributed by atoms with Gasteiger partial charge in [0, 0.05) is 25.8 Å². The molecule has 0 unspecified atom stereocenters. The summed E-state index contributed by atoms with van der Waals surface area (Å²) >= 11 is 0.